The minimum atomic E-state index is -0.376. The van der Waals surface area contributed by atoms with E-state index in [1.807, 2.05) is 6.92 Å². The number of halogens is 1. The summed E-state index contributed by atoms with van der Waals surface area (Å²) in [6.07, 6.45) is 2.69. The molecule has 14 heavy (non-hydrogen) atoms. The zero-order valence-electron chi connectivity index (χ0n) is 8.22. The van der Waals surface area contributed by atoms with Crippen molar-refractivity contribution in [1.29, 1.82) is 0 Å². The van der Waals surface area contributed by atoms with Gasteiger partial charge in [0, 0.05) is 5.92 Å². The molecule has 1 nitrogen and oxygen atoms in total. The normalized spacial score (nSPS) is 15.6. The highest BCUT2D eigenvalue weighted by atomic mass is 19.1. The molecular weight excluding hydrogens is 179 g/mol. The van der Waals surface area contributed by atoms with Crippen molar-refractivity contribution < 1.29 is 9.18 Å². The molecule has 0 radical (unpaired) electrons. The molecule has 74 valence electrons. The van der Waals surface area contributed by atoms with Gasteiger partial charge in [-0.2, -0.15) is 0 Å². The van der Waals surface area contributed by atoms with Crippen LogP contribution in [0, 0.1) is 11.7 Å². The molecule has 0 unspecified atom stereocenters. The van der Waals surface area contributed by atoms with Gasteiger partial charge in [0.15, 0.2) is 5.78 Å². The molecule has 0 saturated heterocycles. The molecular formula is C12H13FO. The fourth-order valence-electron chi connectivity index (χ4n) is 1.55. The van der Waals surface area contributed by atoms with Gasteiger partial charge in [-0.25, -0.2) is 4.39 Å². The number of carbonyl (C=O) groups is 1. The molecule has 0 spiro atoms. The van der Waals surface area contributed by atoms with Crippen LogP contribution in [0.1, 0.15) is 35.7 Å². The summed E-state index contributed by atoms with van der Waals surface area (Å²) >= 11 is 0. The third kappa shape index (κ3) is 1.69. The maximum Gasteiger partial charge on any atom is 0.168 e. The predicted octanol–water partition coefficient (Wildman–Crippen LogP) is 2.98. The van der Waals surface area contributed by atoms with Crippen LogP contribution < -0.4 is 0 Å². The average Bonchev–Trinajstić information content (AvgIpc) is 3.01. The molecule has 1 fully saturated rings. The van der Waals surface area contributed by atoms with Gasteiger partial charge in [0.05, 0.1) is 5.56 Å². The summed E-state index contributed by atoms with van der Waals surface area (Å²) in [7, 11) is 0. The fourth-order valence-corrected chi connectivity index (χ4v) is 1.55. The topological polar surface area (TPSA) is 17.1 Å². The molecule has 0 N–H and O–H groups in total. The van der Waals surface area contributed by atoms with Crippen LogP contribution in [0.4, 0.5) is 4.39 Å². The lowest BCUT2D eigenvalue weighted by Crippen LogP contribution is -2.05. The Bertz CT molecular complexity index is 367. The van der Waals surface area contributed by atoms with Crippen molar-refractivity contribution in [1.82, 2.24) is 0 Å². The molecule has 1 aromatic carbocycles. The molecule has 0 aromatic heterocycles. The van der Waals surface area contributed by atoms with E-state index < -0.39 is 0 Å². The van der Waals surface area contributed by atoms with E-state index in [0.717, 1.165) is 24.8 Å². The number of ketones is 1. The maximum absolute atomic E-state index is 13.3. The number of hydrogen-bond acceptors (Lipinski definition) is 1. The van der Waals surface area contributed by atoms with Crippen LogP contribution in [0.25, 0.3) is 0 Å². The van der Waals surface area contributed by atoms with E-state index in [-0.39, 0.29) is 23.1 Å². The summed E-state index contributed by atoms with van der Waals surface area (Å²) < 4.78 is 13.3. The smallest absolute Gasteiger partial charge is 0.168 e. The Morgan fingerprint density at radius 1 is 1.50 bits per heavy atom. The van der Waals surface area contributed by atoms with Crippen LogP contribution in [0.5, 0.6) is 0 Å². The zero-order valence-corrected chi connectivity index (χ0v) is 8.22. The Morgan fingerprint density at radius 3 is 2.79 bits per heavy atom. The fraction of sp³-hybridized carbons (Fsp3) is 0.417. The summed E-state index contributed by atoms with van der Waals surface area (Å²) in [5, 5.41) is 0. The Labute approximate surface area is 82.9 Å². The first-order chi connectivity index (χ1) is 6.72. The third-order valence-corrected chi connectivity index (χ3v) is 2.65. The third-order valence-electron chi connectivity index (χ3n) is 2.65. The standard InChI is InChI=1S/C12H13FO/c1-2-8-3-6-11(13)10(7-8)12(14)9-4-5-9/h3,6-7,9H,2,4-5H2,1H3. The van der Waals surface area contributed by atoms with E-state index in [1.54, 1.807) is 12.1 Å². The highest BCUT2D eigenvalue weighted by Gasteiger charge is 2.31. The van der Waals surface area contributed by atoms with Crippen LogP contribution in [0.15, 0.2) is 18.2 Å². The van der Waals surface area contributed by atoms with Crippen LogP contribution in [-0.4, -0.2) is 5.78 Å². The van der Waals surface area contributed by atoms with E-state index in [4.69, 9.17) is 0 Å². The summed E-state index contributed by atoms with van der Waals surface area (Å²) in [5.41, 5.74) is 1.31. The summed E-state index contributed by atoms with van der Waals surface area (Å²) in [5.74, 6) is -0.298. The zero-order chi connectivity index (χ0) is 10.1. The molecule has 0 atom stereocenters. The second-order valence-electron chi connectivity index (χ2n) is 3.81. The minimum Gasteiger partial charge on any atom is -0.294 e. The van der Waals surface area contributed by atoms with Crippen LogP contribution in [-0.2, 0) is 6.42 Å². The van der Waals surface area contributed by atoms with E-state index in [1.165, 1.54) is 6.07 Å². The highest BCUT2D eigenvalue weighted by Crippen LogP contribution is 2.33. The van der Waals surface area contributed by atoms with Gasteiger partial charge in [0.25, 0.3) is 0 Å². The van der Waals surface area contributed by atoms with E-state index in [9.17, 15) is 9.18 Å². The Hall–Kier alpha value is -1.18. The number of aryl methyl sites for hydroxylation is 1. The Morgan fingerprint density at radius 2 is 2.21 bits per heavy atom. The van der Waals surface area contributed by atoms with Crippen LogP contribution in [0.3, 0.4) is 0 Å². The summed E-state index contributed by atoms with van der Waals surface area (Å²) in [6.45, 7) is 2.00. The molecule has 1 aliphatic rings. The van der Waals surface area contributed by atoms with Gasteiger partial charge in [0.1, 0.15) is 5.82 Å². The predicted molar refractivity (Wildman–Crippen MR) is 52.8 cm³/mol. The van der Waals surface area contributed by atoms with Crippen molar-refractivity contribution in [3.05, 3.63) is 35.1 Å². The van der Waals surface area contributed by atoms with Crippen molar-refractivity contribution >= 4 is 5.78 Å². The van der Waals surface area contributed by atoms with Gasteiger partial charge < -0.3 is 0 Å². The molecule has 0 heterocycles. The second kappa shape index (κ2) is 3.52. The number of rotatable bonds is 3. The Kier molecular flexibility index (Phi) is 2.36. The maximum atomic E-state index is 13.3. The van der Waals surface area contributed by atoms with E-state index in [0.29, 0.717) is 0 Å². The van der Waals surface area contributed by atoms with E-state index >= 15 is 0 Å². The molecule has 2 heteroatoms. The Balaban J connectivity index is 2.34. The minimum absolute atomic E-state index is 0.0159. The van der Waals surface area contributed by atoms with Crippen molar-refractivity contribution in [3.63, 3.8) is 0 Å². The molecule has 1 aliphatic carbocycles. The largest absolute Gasteiger partial charge is 0.294 e. The van der Waals surface area contributed by atoms with Crippen molar-refractivity contribution in [2.75, 3.05) is 0 Å². The number of benzene rings is 1. The molecule has 2 rings (SSSR count). The van der Waals surface area contributed by atoms with Gasteiger partial charge in [-0.15, -0.1) is 0 Å². The molecule has 0 amide bonds. The summed E-state index contributed by atoms with van der Waals surface area (Å²) in [6, 6.07) is 4.82. The van der Waals surface area contributed by atoms with Gasteiger partial charge in [-0.05, 0) is 37.0 Å². The quantitative estimate of drug-likeness (QED) is 0.673. The first kappa shape index (κ1) is 9.38. The van der Waals surface area contributed by atoms with Crippen molar-refractivity contribution in [2.45, 2.75) is 26.2 Å². The number of hydrogen-bond donors (Lipinski definition) is 0. The molecule has 1 aromatic rings. The first-order valence-corrected chi connectivity index (χ1v) is 5.05. The first-order valence-electron chi connectivity index (χ1n) is 5.05. The lowest BCUT2D eigenvalue weighted by Gasteiger charge is -2.03. The van der Waals surface area contributed by atoms with Crippen LogP contribution >= 0.6 is 0 Å². The molecule has 0 bridgehead atoms. The summed E-state index contributed by atoms with van der Waals surface area (Å²) in [4.78, 5) is 11.7. The van der Waals surface area contributed by atoms with Gasteiger partial charge in [0.2, 0.25) is 0 Å². The average molecular weight is 192 g/mol. The monoisotopic (exact) mass is 192 g/mol. The molecule has 1 saturated carbocycles. The van der Waals surface area contributed by atoms with Gasteiger partial charge in [-0.3, -0.25) is 4.79 Å². The van der Waals surface area contributed by atoms with E-state index in [2.05, 4.69) is 0 Å². The lowest BCUT2D eigenvalue weighted by atomic mass is 10.0. The SMILES string of the molecule is CCc1ccc(F)c(C(=O)C2CC2)c1. The van der Waals surface area contributed by atoms with Crippen molar-refractivity contribution in [3.8, 4) is 0 Å². The highest BCUT2D eigenvalue weighted by molar-refractivity contribution is 5.99. The van der Waals surface area contributed by atoms with Gasteiger partial charge in [-0.1, -0.05) is 13.0 Å². The lowest BCUT2D eigenvalue weighted by molar-refractivity contribution is 0.0963. The molecule has 0 aliphatic heterocycles. The van der Waals surface area contributed by atoms with Gasteiger partial charge >= 0.3 is 0 Å². The number of carbonyl (C=O) groups excluding carboxylic acids is 1. The van der Waals surface area contributed by atoms with Crippen molar-refractivity contribution in [2.24, 2.45) is 5.92 Å². The number of Topliss-reactive ketones (excluding diaryl/α,β-unsaturated/α-hetero) is 1. The van der Waals surface area contributed by atoms with Crippen LogP contribution in [0.2, 0.25) is 0 Å². The second-order valence-corrected chi connectivity index (χ2v) is 3.81.